The van der Waals surface area contributed by atoms with E-state index in [2.05, 4.69) is 12.6 Å². The van der Waals surface area contributed by atoms with Gasteiger partial charge in [-0.1, -0.05) is 18.7 Å². The van der Waals surface area contributed by atoms with Crippen LogP contribution in [0, 0.1) is 19.7 Å². The summed E-state index contributed by atoms with van der Waals surface area (Å²) in [6.45, 7) is 8.10. The molecule has 1 aliphatic carbocycles. The molecular weight excluding hydrogens is 383 g/mol. The van der Waals surface area contributed by atoms with Crippen LogP contribution in [-0.2, 0) is 20.7 Å². The Labute approximate surface area is 176 Å². The monoisotopic (exact) mass is 410 g/mol. The van der Waals surface area contributed by atoms with Crippen LogP contribution in [0.4, 0.5) is 4.39 Å². The largest absolute Gasteiger partial charge is 0.490 e. The molecule has 2 aliphatic rings. The van der Waals surface area contributed by atoms with Gasteiger partial charge in [0.2, 0.25) is 6.10 Å². The van der Waals surface area contributed by atoms with Gasteiger partial charge in [-0.2, -0.15) is 0 Å². The number of carbonyl (C=O) groups excluding carboxylic acids is 1. The molecule has 0 saturated heterocycles. The van der Waals surface area contributed by atoms with Gasteiger partial charge in [-0.15, -0.1) is 0 Å². The van der Waals surface area contributed by atoms with Gasteiger partial charge < -0.3 is 14.2 Å². The standard InChI is InChI=1S/C25H27FO4/c1-5-29-24(25(27)28-4)21-14(2)8-11-18(16-9-10-16)22(21)19-13-20(26)23-17(15(19)3)7-6-12-30-23/h5,8,11,13,16,24H,1,6-7,9-10,12H2,2-4H3/t24-/m0/s1. The summed E-state index contributed by atoms with van der Waals surface area (Å²) in [6, 6.07) is 5.65. The Morgan fingerprint density at radius 1 is 1.33 bits per heavy atom. The van der Waals surface area contributed by atoms with Crippen molar-refractivity contribution in [3.05, 3.63) is 64.7 Å². The van der Waals surface area contributed by atoms with Gasteiger partial charge in [0.1, 0.15) is 0 Å². The number of hydrogen-bond donors (Lipinski definition) is 0. The van der Waals surface area contributed by atoms with Crippen LogP contribution in [0.5, 0.6) is 5.75 Å². The molecule has 0 bridgehead atoms. The Morgan fingerprint density at radius 2 is 2.10 bits per heavy atom. The zero-order valence-corrected chi connectivity index (χ0v) is 17.7. The van der Waals surface area contributed by atoms with Crippen LogP contribution in [-0.4, -0.2) is 19.7 Å². The van der Waals surface area contributed by atoms with E-state index in [-0.39, 0.29) is 5.82 Å². The number of esters is 1. The molecule has 0 amide bonds. The average molecular weight is 410 g/mol. The Hall–Kier alpha value is -2.82. The zero-order chi connectivity index (χ0) is 21.4. The molecule has 4 rings (SSSR count). The van der Waals surface area contributed by atoms with E-state index in [1.165, 1.54) is 13.4 Å². The fourth-order valence-electron chi connectivity index (χ4n) is 4.48. The third-order valence-electron chi connectivity index (χ3n) is 6.13. The van der Waals surface area contributed by atoms with Gasteiger partial charge in [0.15, 0.2) is 11.6 Å². The third kappa shape index (κ3) is 3.47. The number of ether oxygens (including phenoxy) is 3. The molecule has 1 fully saturated rings. The fourth-order valence-corrected chi connectivity index (χ4v) is 4.48. The maximum absolute atomic E-state index is 15.1. The highest BCUT2D eigenvalue weighted by molar-refractivity contribution is 5.85. The zero-order valence-electron chi connectivity index (χ0n) is 17.7. The molecule has 1 aliphatic heterocycles. The van der Waals surface area contributed by atoms with Crippen LogP contribution in [0.2, 0.25) is 0 Å². The van der Waals surface area contributed by atoms with Crippen molar-refractivity contribution in [2.75, 3.05) is 13.7 Å². The summed E-state index contributed by atoms with van der Waals surface area (Å²) in [4.78, 5) is 12.6. The number of benzene rings is 2. The summed E-state index contributed by atoms with van der Waals surface area (Å²) >= 11 is 0. The molecule has 30 heavy (non-hydrogen) atoms. The maximum Gasteiger partial charge on any atom is 0.351 e. The van der Waals surface area contributed by atoms with Gasteiger partial charge in [0.25, 0.3) is 0 Å². The second kappa shape index (κ2) is 8.13. The summed E-state index contributed by atoms with van der Waals surface area (Å²) in [7, 11) is 1.34. The van der Waals surface area contributed by atoms with Crippen molar-refractivity contribution in [3.8, 4) is 16.9 Å². The number of aryl methyl sites for hydroxylation is 1. The first kappa shape index (κ1) is 20.5. The molecule has 0 unspecified atom stereocenters. The van der Waals surface area contributed by atoms with E-state index in [9.17, 15) is 4.79 Å². The molecule has 1 heterocycles. The minimum atomic E-state index is -0.962. The van der Waals surface area contributed by atoms with Crippen LogP contribution in [0.1, 0.15) is 59.1 Å². The van der Waals surface area contributed by atoms with E-state index < -0.39 is 12.1 Å². The number of hydrogen-bond acceptors (Lipinski definition) is 4. The van der Waals surface area contributed by atoms with Crippen molar-refractivity contribution >= 4 is 5.97 Å². The van der Waals surface area contributed by atoms with Crippen LogP contribution in [0.25, 0.3) is 11.1 Å². The number of methoxy groups -OCH3 is 1. The third-order valence-corrected chi connectivity index (χ3v) is 6.13. The summed E-state index contributed by atoms with van der Waals surface area (Å²) in [5.41, 5.74) is 6.28. The highest BCUT2D eigenvalue weighted by Gasteiger charge is 2.35. The highest BCUT2D eigenvalue weighted by Crippen LogP contribution is 2.49. The van der Waals surface area contributed by atoms with Gasteiger partial charge in [-0.3, -0.25) is 0 Å². The lowest BCUT2D eigenvalue weighted by atomic mass is 9.83. The topological polar surface area (TPSA) is 44.8 Å². The Morgan fingerprint density at radius 3 is 2.77 bits per heavy atom. The molecule has 0 radical (unpaired) electrons. The molecule has 1 atom stereocenters. The summed E-state index contributed by atoms with van der Waals surface area (Å²) < 4.78 is 31.4. The smallest absolute Gasteiger partial charge is 0.351 e. The number of halogens is 1. The van der Waals surface area contributed by atoms with Gasteiger partial charge >= 0.3 is 5.97 Å². The van der Waals surface area contributed by atoms with Crippen LogP contribution >= 0.6 is 0 Å². The van der Waals surface area contributed by atoms with Crippen molar-refractivity contribution in [1.82, 2.24) is 0 Å². The van der Waals surface area contributed by atoms with Crippen molar-refractivity contribution in [2.24, 2.45) is 0 Å². The highest BCUT2D eigenvalue weighted by atomic mass is 19.1. The first-order valence-electron chi connectivity index (χ1n) is 10.4. The molecule has 0 N–H and O–H groups in total. The first-order chi connectivity index (χ1) is 14.5. The van der Waals surface area contributed by atoms with E-state index in [1.807, 2.05) is 19.9 Å². The average Bonchev–Trinajstić information content (AvgIpc) is 3.59. The predicted molar refractivity (Wildman–Crippen MR) is 113 cm³/mol. The molecule has 1 saturated carbocycles. The lowest BCUT2D eigenvalue weighted by Crippen LogP contribution is -2.19. The SMILES string of the molecule is C=CO[C@H](C(=O)OC)c1c(C)ccc(C2CC2)c1-c1cc(F)c2c(c1C)CCCO2. The van der Waals surface area contributed by atoms with Gasteiger partial charge in [-0.05, 0) is 79.3 Å². The lowest BCUT2D eigenvalue weighted by Gasteiger charge is -2.27. The van der Waals surface area contributed by atoms with Crippen LogP contribution < -0.4 is 4.74 Å². The summed E-state index contributed by atoms with van der Waals surface area (Å²) in [6.07, 6.45) is 4.08. The molecule has 158 valence electrons. The number of fused-ring (bicyclic) bond motifs is 1. The van der Waals surface area contributed by atoms with Crippen LogP contribution in [0.3, 0.4) is 0 Å². The Kier molecular flexibility index (Phi) is 5.54. The van der Waals surface area contributed by atoms with E-state index in [0.29, 0.717) is 23.8 Å². The Balaban J connectivity index is 2.02. The van der Waals surface area contributed by atoms with Crippen molar-refractivity contribution in [2.45, 2.75) is 51.6 Å². The molecular formula is C25H27FO4. The molecule has 2 aromatic carbocycles. The van der Waals surface area contributed by atoms with Gasteiger partial charge in [0.05, 0.1) is 20.0 Å². The molecule has 0 spiro atoms. The van der Waals surface area contributed by atoms with Crippen LogP contribution in [0.15, 0.2) is 31.0 Å². The van der Waals surface area contributed by atoms with E-state index >= 15 is 4.39 Å². The Bertz CT molecular complexity index is 1010. The van der Waals surface area contributed by atoms with E-state index in [0.717, 1.165) is 59.1 Å². The predicted octanol–water partition coefficient (Wildman–Crippen LogP) is 5.69. The van der Waals surface area contributed by atoms with Crippen molar-refractivity contribution < 1.29 is 23.4 Å². The second-order valence-corrected chi connectivity index (χ2v) is 8.03. The van der Waals surface area contributed by atoms with Gasteiger partial charge in [-0.25, -0.2) is 9.18 Å². The van der Waals surface area contributed by atoms with Crippen molar-refractivity contribution in [3.63, 3.8) is 0 Å². The summed E-state index contributed by atoms with van der Waals surface area (Å²) in [5.74, 6) is -0.113. The summed E-state index contributed by atoms with van der Waals surface area (Å²) in [5, 5.41) is 0. The van der Waals surface area contributed by atoms with Crippen molar-refractivity contribution in [1.29, 1.82) is 0 Å². The number of carbonyl (C=O) groups is 1. The molecule has 0 aromatic heterocycles. The van der Waals surface area contributed by atoms with E-state index in [4.69, 9.17) is 14.2 Å². The van der Waals surface area contributed by atoms with Gasteiger partial charge in [0, 0.05) is 11.1 Å². The second-order valence-electron chi connectivity index (χ2n) is 8.03. The maximum atomic E-state index is 15.1. The number of rotatable bonds is 6. The molecule has 5 heteroatoms. The molecule has 4 nitrogen and oxygen atoms in total. The van der Waals surface area contributed by atoms with E-state index in [1.54, 1.807) is 6.07 Å². The minimum absolute atomic E-state index is 0.358. The first-order valence-corrected chi connectivity index (χ1v) is 10.4. The lowest BCUT2D eigenvalue weighted by molar-refractivity contribution is -0.151. The quantitative estimate of drug-likeness (QED) is 0.454. The molecule has 2 aromatic rings. The minimum Gasteiger partial charge on any atom is -0.490 e. The normalized spacial score (nSPS) is 16.3. The fraction of sp³-hybridized carbons (Fsp3) is 0.400.